The predicted molar refractivity (Wildman–Crippen MR) is 68.0 cm³/mol. The number of benzene rings is 1. The molecule has 18 heavy (non-hydrogen) atoms. The van der Waals surface area contributed by atoms with Crippen LogP contribution in [0.3, 0.4) is 0 Å². The minimum Gasteiger partial charge on any atom is -0.326 e. The van der Waals surface area contributed by atoms with Crippen LogP contribution in [0.1, 0.15) is 30.7 Å². The Kier molecular flexibility index (Phi) is 2.82. The number of fused-ring (bicyclic) bond motifs is 1. The van der Waals surface area contributed by atoms with Crippen LogP contribution in [0.15, 0.2) is 18.2 Å². The van der Waals surface area contributed by atoms with Crippen LogP contribution in [-0.4, -0.2) is 30.4 Å². The van der Waals surface area contributed by atoms with Gasteiger partial charge < -0.3 is 10.2 Å². The predicted octanol–water partition coefficient (Wildman–Crippen LogP) is 2.35. The van der Waals surface area contributed by atoms with E-state index in [-0.39, 0.29) is 17.6 Å². The van der Waals surface area contributed by atoms with Gasteiger partial charge in [0, 0.05) is 24.1 Å². The van der Waals surface area contributed by atoms with Gasteiger partial charge in [0.1, 0.15) is 5.82 Å². The number of nitrogens with one attached hydrogen (secondary N) is 1. The molecule has 4 heteroatoms. The molecule has 2 aliphatic rings. The minimum atomic E-state index is -0.226. The van der Waals surface area contributed by atoms with E-state index >= 15 is 0 Å². The lowest BCUT2D eigenvalue weighted by Gasteiger charge is -2.33. The maximum Gasteiger partial charge on any atom is 0.225 e. The van der Waals surface area contributed by atoms with E-state index in [1.165, 1.54) is 6.07 Å². The van der Waals surface area contributed by atoms with Gasteiger partial charge in [0.2, 0.25) is 5.91 Å². The van der Waals surface area contributed by atoms with Crippen molar-refractivity contribution < 1.29 is 9.18 Å². The molecule has 96 valence electrons. The van der Waals surface area contributed by atoms with Crippen LogP contribution in [0.5, 0.6) is 0 Å². The van der Waals surface area contributed by atoms with Crippen molar-refractivity contribution >= 4 is 11.6 Å². The van der Waals surface area contributed by atoms with Gasteiger partial charge in [-0.05, 0) is 50.2 Å². The highest BCUT2D eigenvalue weighted by atomic mass is 19.1. The molecule has 1 aromatic carbocycles. The third kappa shape index (κ3) is 1.90. The van der Waals surface area contributed by atoms with E-state index in [0.29, 0.717) is 12.5 Å². The maximum absolute atomic E-state index is 13.4. The Hall–Kier alpha value is -1.42. The topological polar surface area (TPSA) is 32.3 Å². The lowest BCUT2D eigenvalue weighted by molar-refractivity contribution is -0.117. The molecule has 1 amide bonds. The third-order valence-electron chi connectivity index (χ3n) is 4.13. The summed E-state index contributed by atoms with van der Waals surface area (Å²) in [6.07, 6.45) is 2.71. The second kappa shape index (κ2) is 4.35. The lowest BCUT2D eigenvalue weighted by atomic mass is 9.83. The molecule has 1 fully saturated rings. The van der Waals surface area contributed by atoms with Crippen LogP contribution in [0.25, 0.3) is 0 Å². The number of rotatable bonds is 1. The molecule has 2 unspecified atom stereocenters. The van der Waals surface area contributed by atoms with Gasteiger partial charge in [0.25, 0.3) is 0 Å². The zero-order chi connectivity index (χ0) is 12.7. The molecule has 3 nitrogen and oxygen atoms in total. The number of anilines is 1. The smallest absolute Gasteiger partial charge is 0.225 e. The zero-order valence-corrected chi connectivity index (χ0v) is 10.4. The SMILES string of the molecule is CN1CCCC1C1CC(=O)Nc2ccc(F)cc21. The van der Waals surface area contributed by atoms with Crippen LogP contribution in [0.2, 0.25) is 0 Å². The minimum absolute atomic E-state index is 0.0411. The number of halogens is 1. The average molecular weight is 248 g/mol. The Bertz CT molecular complexity index is 489. The summed E-state index contributed by atoms with van der Waals surface area (Å²) in [6.45, 7) is 1.06. The molecule has 1 N–H and O–H groups in total. The molecule has 0 spiro atoms. The van der Waals surface area contributed by atoms with E-state index in [0.717, 1.165) is 30.6 Å². The van der Waals surface area contributed by atoms with Crippen molar-refractivity contribution in [1.29, 1.82) is 0 Å². The van der Waals surface area contributed by atoms with Crippen molar-refractivity contribution in [3.63, 3.8) is 0 Å². The molecule has 0 aromatic heterocycles. The molecule has 0 aliphatic carbocycles. The first-order valence-electron chi connectivity index (χ1n) is 6.44. The molecule has 3 rings (SSSR count). The van der Waals surface area contributed by atoms with Crippen molar-refractivity contribution in [2.45, 2.75) is 31.2 Å². The van der Waals surface area contributed by atoms with Gasteiger partial charge in [-0.1, -0.05) is 0 Å². The summed E-state index contributed by atoms with van der Waals surface area (Å²) in [5.41, 5.74) is 1.73. The first kappa shape index (κ1) is 11.7. The number of hydrogen-bond acceptors (Lipinski definition) is 2. The summed E-state index contributed by atoms with van der Waals surface area (Å²) < 4.78 is 13.4. The highest BCUT2D eigenvalue weighted by molar-refractivity contribution is 5.94. The first-order chi connectivity index (χ1) is 8.65. The Balaban J connectivity index is 2.00. The number of nitrogens with zero attached hydrogens (tertiary/aromatic N) is 1. The molecule has 0 saturated carbocycles. The van der Waals surface area contributed by atoms with E-state index in [1.807, 2.05) is 0 Å². The fourth-order valence-corrected chi connectivity index (χ4v) is 3.25. The molecule has 2 heterocycles. The van der Waals surface area contributed by atoms with Gasteiger partial charge in [-0.15, -0.1) is 0 Å². The quantitative estimate of drug-likeness (QED) is 0.827. The lowest BCUT2D eigenvalue weighted by Crippen LogP contribution is -2.36. The van der Waals surface area contributed by atoms with Gasteiger partial charge in [-0.3, -0.25) is 4.79 Å². The molecular formula is C14H17FN2O. The van der Waals surface area contributed by atoms with E-state index in [4.69, 9.17) is 0 Å². The van der Waals surface area contributed by atoms with E-state index in [2.05, 4.69) is 17.3 Å². The normalized spacial score (nSPS) is 28.0. The Labute approximate surface area is 106 Å². The van der Waals surface area contributed by atoms with Gasteiger partial charge in [0.05, 0.1) is 0 Å². The number of hydrogen-bond donors (Lipinski definition) is 1. The first-order valence-corrected chi connectivity index (χ1v) is 6.44. The number of likely N-dealkylation sites (N-methyl/N-ethyl adjacent to an activating group) is 1. The molecule has 2 aliphatic heterocycles. The monoisotopic (exact) mass is 248 g/mol. The van der Waals surface area contributed by atoms with Gasteiger partial charge in [0.15, 0.2) is 0 Å². The average Bonchev–Trinajstić information content (AvgIpc) is 2.75. The summed E-state index contributed by atoms with van der Waals surface area (Å²) in [7, 11) is 2.09. The Morgan fingerprint density at radius 3 is 3.00 bits per heavy atom. The fraction of sp³-hybridized carbons (Fsp3) is 0.500. The zero-order valence-electron chi connectivity index (χ0n) is 10.4. The van der Waals surface area contributed by atoms with Crippen molar-refractivity contribution in [2.24, 2.45) is 0 Å². The second-order valence-corrected chi connectivity index (χ2v) is 5.28. The van der Waals surface area contributed by atoms with Crippen molar-refractivity contribution in [3.8, 4) is 0 Å². The highest BCUT2D eigenvalue weighted by Gasteiger charge is 2.35. The van der Waals surface area contributed by atoms with Crippen LogP contribution >= 0.6 is 0 Å². The standard InChI is InChI=1S/C14H17FN2O/c1-17-6-2-3-13(17)11-8-14(18)16-12-5-4-9(15)7-10(11)12/h4-5,7,11,13H,2-3,6,8H2,1H3,(H,16,18). The summed E-state index contributed by atoms with van der Waals surface area (Å²) in [6, 6.07) is 5.01. The van der Waals surface area contributed by atoms with Gasteiger partial charge in [-0.25, -0.2) is 4.39 Å². The molecule has 0 bridgehead atoms. The van der Waals surface area contributed by atoms with Crippen molar-refractivity contribution in [1.82, 2.24) is 4.90 Å². The van der Waals surface area contributed by atoms with Crippen LogP contribution in [0.4, 0.5) is 10.1 Å². The van der Waals surface area contributed by atoms with Gasteiger partial charge in [-0.2, -0.15) is 0 Å². The molecule has 1 saturated heterocycles. The second-order valence-electron chi connectivity index (χ2n) is 5.28. The largest absolute Gasteiger partial charge is 0.326 e. The summed E-state index contributed by atoms with van der Waals surface area (Å²) in [5, 5.41) is 2.83. The number of carbonyl (C=O) groups excluding carboxylic acids is 1. The highest BCUT2D eigenvalue weighted by Crippen LogP contribution is 2.39. The van der Waals surface area contributed by atoms with Crippen molar-refractivity contribution in [2.75, 3.05) is 18.9 Å². The summed E-state index contributed by atoms with van der Waals surface area (Å²) in [4.78, 5) is 14.1. The molecular weight excluding hydrogens is 231 g/mol. The summed E-state index contributed by atoms with van der Waals surface area (Å²) >= 11 is 0. The number of amides is 1. The number of carbonyl (C=O) groups is 1. The van der Waals surface area contributed by atoms with Crippen LogP contribution in [0, 0.1) is 5.82 Å². The molecule has 0 radical (unpaired) electrons. The van der Waals surface area contributed by atoms with Crippen LogP contribution in [-0.2, 0) is 4.79 Å². The summed E-state index contributed by atoms with van der Waals surface area (Å²) in [5.74, 6) is -0.0630. The Morgan fingerprint density at radius 2 is 2.28 bits per heavy atom. The van der Waals surface area contributed by atoms with Crippen LogP contribution < -0.4 is 5.32 Å². The molecule has 1 aromatic rings. The fourth-order valence-electron chi connectivity index (χ4n) is 3.25. The van der Waals surface area contributed by atoms with E-state index in [9.17, 15) is 9.18 Å². The Morgan fingerprint density at radius 1 is 1.44 bits per heavy atom. The van der Waals surface area contributed by atoms with E-state index in [1.54, 1.807) is 12.1 Å². The van der Waals surface area contributed by atoms with E-state index < -0.39 is 0 Å². The third-order valence-corrected chi connectivity index (χ3v) is 4.13. The van der Waals surface area contributed by atoms with Gasteiger partial charge >= 0.3 is 0 Å². The van der Waals surface area contributed by atoms with Crippen molar-refractivity contribution in [3.05, 3.63) is 29.6 Å². The number of likely N-dealkylation sites (tertiary alicyclic amines) is 1. The maximum atomic E-state index is 13.4. The molecule has 2 atom stereocenters.